The lowest BCUT2D eigenvalue weighted by Crippen LogP contribution is -2.15. The van der Waals surface area contributed by atoms with Crippen LogP contribution in [0.1, 0.15) is 36.1 Å². The number of hydrogen-bond acceptors (Lipinski definition) is 0. The molecule has 0 saturated carbocycles. The molecule has 3 aromatic carbocycles. The van der Waals surface area contributed by atoms with E-state index in [0.717, 1.165) is 0 Å². The van der Waals surface area contributed by atoms with Gasteiger partial charge in [0.2, 0.25) is 0 Å². The summed E-state index contributed by atoms with van der Waals surface area (Å²) in [7, 11) is 2.21. The van der Waals surface area contributed by atoms with Gasteiger partial charge in [0.15, 0.2) is 0 Å². The van der Waals surface area contributed by atoms with Gasteiger partial charge < -0.3 is 4.57 Å². The first kappa shape index (κ1) is 14.8. The van der Waals surface area contributed by atoms with Crippen molar-refractivity contribution in [3.63, 3.8) is 0 Å². The van der Waals surface area contributed by atoms with Crippen LogP contribution in [0.15, 0.2) is 48.5 Å². The Kier molecular flexibility index (Phi) is 2.69. The summed E-state index contributed by atoms with van der Waals surface area (Å²) in [5.74, 6) is 0. The summed E-state index contributed by atoms with van der Waals surface area (Å²) >= 11 is 0. The van der Waals surface area contributed by atoms with Gasteiger partial charge in [0, 0.05) is 23.2 Å². The molecule has 4 aromatic rings. The second-order valence-corrected chi connectivity index (χ2v) is 8.02. The van der Waals surface area contributed by atoms with Crippen molar-refractivity contribution in [2.75, 3.05) is 0 Å². The van der Waals surface area contributed by atoms with E-state index < -0.39 is 0 Å². The van der Waals surface area contributed by atoms with Crippen molar-refractivity contribution in [1.82, 2.24) is 4.57 Å². The van der Waals surface area contributed by atoms with Crippen LogP contribution in [0.3, 0.4) is 0 Å². The maximum absolute atomic E-state index is 2.46. The largest absolute Gasteiger partial charge is 0.343 e. The Morgan fingerprint density at radius 2 is 1.56 bits per heavy atom. The number of hydrogen-bond donors (Lipinski definition) is 0. The molecular weight excluding hydrogens is 302 g/mol. The van der Waals surface area contributed by atoms with Crippen LogP contribution in [0, 0.1) is 13.8 Å². The summed E-state index contributed by atoms with van der Waals surface area (Å²) < 4.78 is 2.39. The van der Waals surface area contributed by atoms with Gasteiger partial charge in [-0.2, -0.15) is 0 Å². The molecule has 0 aliphatic heterocycles. The normalized spacial score (nSPS) is 14.9. The number of benzene rings is 3. The van der Waals surface area contributed by atoms with Crippen molar-refractivity contribution >= 4 is 21.8 Å². The lowest BCUT2D eigenvalue weighted by Gasteiger charge is -2.22. The second kappa shape index (κ2) is 4.54. The molecule has 5 rings (SSSR count). The molecule has 0 radical (unpaired) electrons. The third-order valence-electron chi connectivity index (χ3n) is 6.29. The predicted octanol–water partition coefficient (Wildman–Crippen LogP) is 6.25. The van der Waals surface area contributed by atoms with Crippen molar-refractivity contribution < 1.29 is 0 Å². The zero-order valence-corrected chi connectivity index (χ0v) is 15.6. The summed E-state index contributed by atoms with van der Waals surface area (Å²) in [5.41, 5.74) is 11.3. The van der Waals surface area contributed by atoms with Gasteiger partial charge in [-0.25, -0.2) is 0 Å². The molecule has 1 aliphatic carbocycles. The summed E-state index contributed by atoms with van der Waals surface area (Å²) in [6.45, 7) is 9.23. The van der Waals surface area contributed by atoms with Crippen molar-refractivity contribution in [2.45, 2.75) is 33.1 Å². The fraction of sp³-hybridized carbons (Fsp3) is 0.250. The summed E-state index contributed by atoms with van der Waals surface area (Å²) in [6, 6.07) is 18.0. The highest BCUT2D eigenvalue weighted by molar-refractivity contribution is 6.12. The summed E-state index contributed by atoms with van der Waals surface area (Å²) in [5, 5.41) is 2.76. The Labute approximate surface area is 148 Å². The van der Waals surface area contributed by atoms with E-state index in [9.17, 15) is 0 Å². The van der Waals surface area contributed by atoms with Gasteiger partial charge in [-0.05, 0) is 53.3 Å². The molecule has 1 heteroatoms. The first-order valence-electron chi connectivity index (χ1n) is 9.04. The quantitative estimate of drug-likeness (QED) is 0.360. The Balaban J connectivity index is 2.04. The molecule has 1 aliphatic rings. The van der Waals surface area contributed by atoms with E-state index in [1.165, 1.54) is 55.2 Å². The Hall–Kier alpha value is -2.54. The van der Waals surface area contributed by atoms with Crippen LogP contribution in [0.4, 0.5) is 0 Å². The molecule has 0 spiro atoms. The molecular formula is C24H23N. The van der Waals surface area contributed by atoms with E-state index in [4.69, 9.17) is 0 Å². The van der Waals surface area contributed by atoms with Crippen LogP contribution in [0.25, 0.3) is 32.9 Å². The SMILES string of the molecule is Cc1cccc2c3cc4c(c(C)c3n(C)c12)-c1ccccc1C4(C)C. The summed E-state index contributed by atoms with van der Waals surface area (Å²) in [4.78, 5) is 0. The molecule has 124 valence electrons. The van der Waals surface area contributed by atoms with Gasteiger partial charge in [0.25, 0.3) is 0 Å². The fourth-order valence-corrected chi connectivity index (χ4v) is 5.11. The number of rotatable bonds is 0. The molecule has 0 bridgehead atoms. The number of para-hydroxylation sites is 1. The molecule has 0 amide bonds. The highest BCUT2D eigenvalue weighted by Crippen LogP contribution is 2.52. The minimum Gasteiger partial charge on any atom is -0.343 e. The van der Waals surface area contributed by atoms with Crippen molar-refractivity contribution in [3.8, 4) is 11.1 Å². The first-order chi connectivity index (χ1) is 11.9. The van der Waals surface area contributed by atoms with Crippen molar-refractivity contribution in [3.05, 3.63) is 70.8 Å². The third-order valence-corrected chi connectivity index (χ3v) is 6.29. The van der Waals surface area contributed by atoms with Gasteiger partial charge >= 0.3 is 0 Å². The van der Waals surface area contributed by atoms with E-state index in [1.54, 1.807) is 0 Å². The van der Waals surface area contributed by atoms with Crippen LogP contribution in [0.2, 0.25) is 0 Å². The standard InChI is InChI=1S/C24H23N/c1-14-9-8-11-16-18-13-20-21(15(2)23(18)25(5)22(14)16)17-10-6-7-12-19(17)24(20,3)4/h6-13H,1-5H3. The number of aromatic nitrogens is 1. The molecule has 0 unspecified atom stereocenters. The number of fused-ring (bicyclic) bond motifs is 6. The van der Waals surface area contributed by atoms with Crippen LogP contribution in [0.5, 0.6) is 0 Å². The van der Waals surface area contributed by atoms with Gasteiger partial charge in [0.1, 0.15) is 0 Å². The van der Waals surface area contributed by atoms with E-state index >= 15 is 0 Å². The topological polar surface area (TPSA) is 4.93 Å². The Bertz CT molecular complexity index is 1190. The molecule has 0 atom stereocenters. The van der Waals surface area contributed by atoms with E-state index in [2.05, 4.69) is 87.8 Å². The van der Waals surface area contributed by atoms with Crippen LogP contribution >= 0.6 is 0 Å². The smallest absolute Gasteiger partial charge is 0.0524 e. The van der Waals surface area contributed by atoms with Crippen LogP contribution in [-0.2, 0) is 12.5 Å². The zero-order valence-electron chi connectivity index (χ0n) is 15.6. The van der Waals surface area contributed by atoms with Gasteiger partial charge in [0.05, 0.1) is 11.0 Å². The van der Waals surface area contributed by atoms with Crippen molar-refractivity contribution in [1.29, 1.82) is 0 Å². The Morgan fingerprint density at radius 1 is 0.800 bits per heavy atom. The molecule has 0 fully saturated rings. The van der Waals surface area contributed by atoms with Gasteiger partial charge in [-0.15, -0.1) is 0 Å². The molecule has 25 heavy (non-hydrogen) atoms. The third kappa shape index (κ3) is 1.64. The molecule has 1 aromatic heterocycles. The molecule has 0 N–H and O–H groups in total. The minimum atomic E-state index is 0.0524. The maximum atomic E-state index is 2.46. The van der Waals surface area contributed by atoms with Gasteiger partial charge in [-0.3, -0.25) is 0 Å². The minimum absolute atomic E-state index is 0.0524. The summed E-state index contributed by atoms with van der Waals surface area (Å²) in [6.07, 6.45) is 0. The monoisotopic (exact) mass is 325 g/mol. The highest BCUT2D eigenvalue weighted by Gasteiger charge is 2.37. The maximum Gasteiger partial charge on any atom is 0.0524 e. The molecule has 0 saturated heterocycles. The second-order valence-electron chi connectivity index (χ2n) is 8.02. The van der Waals surface area contributed by atoms with E-state index in [0.29, 0.717) is 0 Å². The van der Waals surface area contributed by atoms with E-state index in [1.807, 2.05) is 0 Å². The Morgan fingerprint density at radius 3 is 2.36 bits per heavy atom. The number of nitrogens with zero attached hydrogens (tertiary/aromatic N) is 1. The number of aryl methyl sites for hydroxylation is 3. The lowest BCUT2D eigenvalue weighted by atomic mass is 9.81. The first-order valence-corrected chi connectivity index (χ1v) is 9.04. The van der Waals surface area contributed by atoms with Crippen LogP contribution < -0.4 is 0 Å². The fourth-order valence-electron chi connectivity index (χ4n) is 5.11. The molecule has 1 nitrogen and oxygen atoms in total. The predicted molar refractivity (Wildman–Crippen MR) is 107 cm³/mol. The average molecular weight is 325 g/mol. The van der Waals surface area contributed by atoms with Crippen molar-refractivity contribution in [2.24, 2.45) is 7.05 Å². The highest BCUT2D eigenvalue weighted by atomic mass is 14.9. The van der Waals surface area contributed by atoms with E-state index in [-0.39, 0.29) is 5.41 Å². The zero-order chi connectivity index (χ0) is 17.5. The average Bonchev–Trinajstić information content (AvgIpc) is 3.00. The van der Waals surface area contributed by atoms with Gasteiger partial charge in [-0.1, -0.05) is 56.3 Å². The lowest BCUT2D eigenvalue weighted by molar-refractivity contribution is 0.661. The molecule has 1 heterocycles. The van der Waals surface area contributed by atoms with Crippen LogP contribution in [-0.4, -0.2) is 4.57 Å².